The van der Waals surface area contributed by atoms with Crippen LogP contribution in [-0.4, -0.2) is 36.4 Å². The minimum atomic E-state index is -0.780. The van der Waals surface area contributed by atoms with Crippen molar-refractivity contribution in [3.05, 3.63) is 122 Å². The van der Waals surface area contributed by atoms with Crippen molar-refractivity contribution in [3.63, 3.8) is 0 Å². The van der Waals surface area contributed by atoms with Gasteiger partial charge in [-0.05, 0) is 89.9 Å². The van der Waals surface area contributed by atoms with Gasteiger partial charge in [0.05, 0.1) is 6.61 Å². The molecule has 458 valence electrons. The summed E-state index contributed by atoms with van der Waals surface area (Å²) in [6, 6.07) is 0. The van der Waals surface area contributed by atoms with Gasteiger partial charge in [-0.15, -0.1) is 0 Å². The van der Waals surface area contributed by atoms with E-state index in [-0.39, 0.29) is 25.2 Å². The van der Waals surface area contributed by atoms with Crippen LogP contribution < -0.4 is 0 Å². The summed E-state index contributed by atoms with van der Waals surface area (Å²) in [6.45, 7) is 4.06. The number of aliphatic hydroxyl groups excluding tert-OH is 1. The molecular weight excluding hydrogens is 981 g/mol. The van der Waals surface area contributed by atoms with Crippen LogP contribution in [0.1, 0.15) is 322 Å². The van der Waals surface area contributed by atoms with Crippen LogP contribution in [0.15, 0.2) is 122 Å². The Hall–Kier alpha value is -3.70. The number of hydrogen-bond donors (Lipinski definition) is 1. The monoisotopic (exact) mass is 1110 g/mol. The molecule has 80 heavy (non-hydrogen) atoms. The number of hydrogen-bond acceptors (Lipinski definition) is 5. The molecule has 0 radical (unpaired) electrons. The van der Waals surface area contributed by atoms with Crippen LogP contribution >= 0.6 is 0 Å². The lowest BCUT2D eigenvalue weighted by Crippen LogP contribution is -2.28. The van der Waals surface area contributed by atoms with Crippen LogP contribution in [0.2, 0.25) is 0 Å². The summed E-state index contributed by atoms with van der Waals surface area (Å²) < 4.78 is 10.7. The van der Waals surface area contributed by atoms with Crippen molar-refractivity contribution in [2.45, 2.75) is 328 Å². The number of aliphatic hydroxyl groups is 1. The van der Waals surface area contributed by atoms with Crippen molar-refractivity contribution >= 4 is 11.9 Å². The lowest BCUT2D eigenvalue weighted by atomic mass is 10.0. The number of unbranched alkanes of at least 4 members (excludes halogenated alkanes) is 34. The van der Waals surface area contributed by atoms with Crippen LogP contribution in [0, 0.1) is 0 Å². The Morgan fingerprint density at radius 3 is 0.812 bits per heavy atom. The number of allylic oxidation sites excluding steroid dienone is 20. The molecule has 0 saturated heterocycles. The summed E-state index contributed by atoms with van der Waals surface area (Å²) in [5.74, 6) is -0.587. The fourth-order valence-corrected chi connectivity index (χ4v) is 9.70. The van der Waals surface area contributed by atoms with Crippen LogP contribution in [0.5, 0.6) is 0 Å². The van der Waals surface area contributed by atoms with Gasteiger partial charge in [-0.25, -0.2) is 0 Å². The van der Waals surface area contributed by atoms with Gasteiger partial charge in [-0.2, -0.15) is 0 Å². The quantitative estimate of drug-likeness (QED) is 0.0373. The summed E-state index contributed by atoms with van der Waals surface area (Å²) in [5, 5.41) is 9.69. The van der Waals surface area contributed by atoms with Gasteiger partial charge < -0.3 is 14.6 Å². The molecule has 0 rings (SSSR count). The van der Waals surface area contributed by atoms with Gasteiger partial charge >= 0.3 is 11.9 Å². The second-order valence-electron chi connectivity index (χ2n) is 22.5. The molecule has 0 aromatic rings. The molecular formula is C75H128O5. The fourth-order valence-electron chi connectivity index (χ4n) is 9.70. The molecule has 0 aliphatic carbocycles. The van der Waals surface area contributed by atoms with E-state index >= 15 is 0 Å². The molecule has 0 amide bonds. The van der Waals surface area contributed by atoms with Crippen LogP contribution in [-0.2, 0) is 19.1 Å². The number of rotatable bonds is 62. The van der Waals surface area contributed by atoms with Gasteiger partial charge in [0.1, 0.15) is 6.61 Å². The van der Waals surface area contributed by atoms with Crippen LogP contribution in [0.3, 0.4) is 0 Å². The van der Waals surface area contributed by atoms with E-state index in [0.29, 0.717) is 12.8 Å². The summed E-state index contributed by atoms with van der Waals surface area (Å²) in [4.78, 5) is 24.6. The third kappa shape index (κ3) is 66.8. The van der Waals surface area contributed by atoms with Crippen molar-refractivity contribution in [1.29, 1.82) is 0 Å². The van der Waals surface area contributed by atoms with Gasteiger partial charge in [0.15, 0.2) is 6.10 Å². The highest BCUT2D eigenvalue weighted by Crippen LogP contribution is 2.17. The highest BCUT2D eigenvalue weighted by Gasteiger charge is 2.16. The first-order valence-electron chi connectivity index (χ1n) is 34.1. The first-order chi connectivity index (χ1) is 39.6. The normalized spacial score (nSPS) is 13.0. The predicted molar refractivity (Wildman–Crippen MR) is 352 cm³/mol. The van der Waals surface area contributed by atoms with E-state index in [1.807, 2.05) is 0 Å². The number of carbonyl (C=O) groups is 2. The van der Waals surface area contributed by atoms with Crippen molar-refractivity contribution in [2.24, 2.45) is 0 Å². The molecule has 5 nitrogen and oxygen atoms in total. The summed E-state index contributed by atoms with van der Waals surface area (Å²) in [5.41, 5.74) is 0. The third-order valence-corrected chi connectivity index (χ3v) is 14.8. The molecule has 0 aromatic carbocycles. The Balaban J connectivity index is 3.53. The molecule has 0 fully saturated rings. The predicted octanol–water partition coefficient (Wildman–Crippen LogP) is 23.8. The topological polar surface area (TPSA) is 72.8 Å². The van der Waals surface area contributed by atoms with Crippen molar-refractivity contribution in [1.82, 2.24) is 0 Å². The molecule has 5 heteroatoms. The SMILES string of the molecule is CC/C=C\C/C=C\C/C=C\C/C=C\C/C=C\C/C=C\C/C=C\C/C=C\C/C=C\C/C=C\CCCCCCCCCCCCC(=O)OC(CO)COC(=O)CCCCCCCCCCCCCCCCCCCCCCCCCCC. The number of carbonyl (C=O) groups excluding carboxylic acids is 2. The van der Waals surface area contributed by atoms with Crippen molar-refractivity contribution < 1.29 is 24.2 Å². The molecule has 1 atom stereocenters. The maximum atomic E-state index is 12.4. The number of ether oxygens (including phenoxy) is 2. The molecule has 0 aliphatic heterocycles. The van der Waals surface area contributed by atoms with E-state index in [4.69, 9.17) is 9.47 Å². The van der Waals surface area contributed by atoms with E-state index in [9.17, 15) is 14.7 Å². The Labute approximate surface area is 496 Å². The van der Waals surface area contributed by atoms with E-state index in [0.717, 1.165) is 103 Å². The fraction of sp³-hybridized carbons (Fsp3) is 0.707. The van der Waals surface area contributed by atoms with Crippen molar-refractivity contribution in [2.75, 3.05) is 13.2 Å². The Kier molecular flexibility index (Phi) is 66.4. The lowest BCUT2D eigenvalue weighted by Gasteiger charge is -2.15. The second-order valence-corrected chi connectivity index (χ2v) is 22.5. The van der Waals surface area contributed by atoms with E-state index < -0.39 is 6.10 Å². The zero-order chi connectivity index (χ0) is 57.6. The molecule has 0 spiro atoms. The van der Waals surface area contributed by atoms with Gasteiger partial charge in [-0.3, -0.25) is 9.59 Å². The van der Waals surface area contributed by atoms with Gasteiger partial charge in [0.2, 0.25) is 0 Å². The molecule has 0 heterocycles. The highest BCUT2D eigenvalue weighted by molar-refractivity contribution is 5.70. The van der Waals surface area contributed by atoms with E-state index in [1.54, 1.807) is 0 Å². The molecule has 1 N–H and O–H groups in total. The summed E-state index contributed by atoms with van der Waals surface area (Å²) in [6.07, 6.45) is 102. The second kappa shape index (κ2) is 69.6. The number of esters is 2. The highest BCUT2D eigenvalue weighted by atomic mass is 16.6. The Bertz CT molecular complexity index is 1590. The molecule has 0 aliphatic rings. The third-order valence-electron chi connectivity index (χ3n) is 14.8. The maximum Gasteiger partial charge on any atom is 0.306 e. The molecule has 1 unspecified atom stereocenters. The van der Waals surface area contributed by atoms with Crippen LogP contribution in [0.25, 0.3) is 0 Å². The van der Waals surface area contributed by atoms with E-state index in [2.05, 4.69) is 135 Å². The molecule has 0 bridgehead atoms. The summed E-state index contributed by atoms with van der Waals surface area (Å²) in [7, 11) is 0. The smallest absolute Gasteiger partial charge is 0.306 e. The largest absolute Gasteiger partial charge is 0.462 e. The average molecular weight is 1110 g/mol. The van der Waals surface area contributed by atoms with Gasteiger partial charge in [-0.1, -0.05) is 341 Å². The van der Waals surface area contributed by atoms with Crippen molar-refractivity contribution in [3.8, 4) is 0 Å². The standard InChI is InChI=1S/C75H128O5/c1-3-5-7-9-11-13-15-17-19-21-23-25-27-29-30-31-32-33-34-35-36-37-38-39-40-41-42-43-44-46-48-50-52-54-56-58-60-62-64-66-68-70-75(78)80-73(71-76)72-79-74(77)69-67-65-63-61-59-57-55-53-51-49-47-45-28-26-24-22-20-18-16-14-12-10-8-6-4-2/h5,7,11,13,17,19,23,25,29-30,32-33,35-36,38-39,41-42,44,46,73,76H,3-4,6,8-10,12,14-16,18,20-22,24,26-28,31,34,37,40,43,45,47-72H2,1-2H3/b7-5-,13-11-,19-17-,25-23-,30-29-,33-32-,36-35-,39-38-,42-41-,46-44-. The first-order valence-corrected chi connectivity index (χ1v) is 34.1. The van der Waals surface area contributed by atoms with E-state index in [1.165, 1.54) is 193 Å². The zero-order valence-corrected chi connectivity index (χ0v) is 52.6. The minimum absolute atomic E-state index is 0.0688. The summed E-state index contributed by atoms with van der Waals surface area (Å²) >= 11 is 0. The lowest BCUT2D eigenvalue weighted by molar-refractivity contribution is -0.161. The zero-order valence-electron chi connectivity index (χ0n) is 52.6. The molecule has 0 saturated carbocycles. The maximum absolute atomic E-state index is 12.4. The average Bonchev–Trinajstić information content (AvgIpc) is 3.46. The first kappa shape index (κ1) is 76.3. The Morgan fingerprint density at radius 1 is 0.300 bits per heavy atom. The van der Waals surface area contributed by atoms with Gasteiger partial charge in [0, 0.05) is 12.8 Å². The molecule has 0 aromatic heterocycles. The Morgan fingerprint density at radius 2 is 0.537 bits per heavy atom. The van der Waals surface area contributed by atoms with Gasteiger partial charge in [0.25, 0.3) is 0 Å². The van der Waals surface area contributed by atoms with Crippen LogP contribution in [0.4, 0.5) is 0 Å². The minimum Gasteiger partial charge on any atom is -0.462 e.